The van der Waals surface area contributed by atoms with Gasteiger partial charge in [0.15, 0.2) is 0 Å². The normalized spacial score (nSPS) is 20.2. The molecule has 1 aromatic rings. The third-order valence-electron chi connectivity index (χ3n) is 5.72. The number of carbonyl (C=O) groups excluding carboxylic acids is 1. The molecule has 0 aliphatic carbocycles. The highest BCUT2D eigenvalue weighted by Gasteiger charge is 2.29. The number of rotatable bonds is 4. The van der Waals surface area contributed by atoms with Crippen molar-refractivity contribution in [2.24, 2.45) is 0 Å². The first kappa shape index (κ1) is 20.3. The fourth-order valence-electron chi connectivity index (χ4n) is 3.86. The highest BCUT2D eigenvalue weighted by molar-refractivity contribution is 7.89. The lowest BCUT2D eigenvalue weighted by molar-refractivity contribution is 0.0594. The Bertz CT molecular complexity index is 778. The summed E-state index contributed by atoms with van der Waals surface area (Å²) in [5.41, 5.74) is 1.33. The lowest BCUT2D eigenvalue weighted by Gasteiger charge is -2.37. The Balaban J connectivity index is 1.80. The molecule has 3 rings (SSSR count). The fraction of sp³-hybridized carbons (Fsp3) is 0.650. The van der Waals surface area contributed by atoms with E-state index in [0.717, 1.165) is 37.9 Å². The summed E-state index contributed by atoms with van der Waals surface area (Å²) in [6.07, 6.45) is 2.88. The number of nitrogens with zero attached hydrogens (tertiary/aromatic N) is 3. The highest BCUT2D eigenvalue weighted by atomic mass is 32.2. The molecule has 0 bridgehead atoms. The van der Waals surface area contributed by atoms with Gasteiger partial charge in [-0.3, -0.25) is 9.69 Å². The van der Waals surface area contributed by atoms with Gasteiger partial charge in [0, 0.05) is 50.9 Å². The molecule has 1 aromatic carbocycles. The van der Waals surface area contributed by atoms with E-state index in [2.05, 4.69) is 18.7 Å². The number of amides is 1. The Morgan fingerprint density at radius 3 is 2.19 bits per heavy atom. The van der Waals surface area contributed by atoms with Gasteiger partial charge in [0.1, 0.15) is 0 Å². The quantitative estimate of drug-likeness (QED) is 0.788. The molecule has 0 atom stereocenters. The molecule has 2 fully saturated rings. The maximum atomic E-state index is 13.1. The average molecular weight is 394 g/mol. The summed E-state index contributed by atoms with van der Waals surface area (Å²) in [4.78, 5) is 17.5. The van der Waals surface area contributed by atoms with Crippen molar-refractivity contribution in [3.63, 3.8) is 0 Å². The Labute approximate surface area is 163 Å². The second kappa shape index (κ2) is 8.29. The van der Waals surface area contributed by atoms with Crippen LogP contribution >= 0.6 is 0 Å². The van der Waals surface area contributed by atoms with Gasteiger partial charge in [0.2, 0.25) is 10.0 Å². The van der Waals surface area contributed by atoms with Crippen LogP contribution < -0.4 is 0 Å². The van der Waals surface area contributed by atoms with Crippen LogP contribution in [-0.4, -0.2) is 73.7 Å². The number of aryl methyl sites for hydroxylation is 1. The molecule has 2 heterocycles. The van der Waals surface area contributed by atoms with Crippen molar-refractivity contribution in [3.8, 4) is 0 Å². The zero-order valence-electron chi connectivity index (χ0n) is 16.6. The summed E-state index contributed by atoms with van der Waals surface area (Å²) in [5.74, 6) is -0.0633. The predicted octanol–water partition coefficient (Wildman–Crippen LogP) is 2.34. The van der Waals surface area contributed by atoms with E-state index in [-0.39, 0.29) is 10.8 Å². The van der Waals surface area contributed by atoms with E-state index in [1.807, 2.05) is 11.8 Å². The number of benzene rings is 1. The van der Waals surface area contributed by atoms with Crippen LogP contribution in [0.4, 0.5) is 0 Å². The first-order valence-corrected chi connectivity index (χ1v) is 11.4. The van der Waals surface area contributed by atoms with Gasteiger partial charge in [0.05, 0.1) is 4.90 Å². The monoisotopic (exact) mass is 393 g/mol. The number of piperidine rings is 1. The number of hydrogen-bond acceptors (Lipinski definition) is 4. The summed E-state index contributed by atoms with van der Waals surface area (Å²) >= 11 is 0. The minimum absolute atomic E-state index is 0.0633. The molecule has 27 heavy (non-hydrogen) atoms. The van der Waals surface area contributed by atoms with Gasteiger partial charge in [-0.2, -0.15) is 4.31 Å². The molecule has 2 aliphatic heterocycles. The second-order valence-corrected chi connectivity index (χ2v) is 9.80. The van der Waals surface area contributed by atoms with E-state index in [1.165, 1.54) is 0 Å². The third kappa shape index (κ3) is 4.36. The van der Waals surface area contributed by atoms with E-state index in [0.29, 0.717) is 37.8 Å². The maximum absolute atomic E-state index is 13.1. The molecule has 0 saturated carbocycles. The first-order valence-electron chi connectivity index (χ1n) is 9.95. The van der Waals surface area contributed by atoms with Crippen LogP contribution in [0.5, 0.6) is 0 Å². The van der Waals surface area contributed by atoms with Gasteiger partial charge in [-0.05, 0) is 51.3 Å². The van der Waals surface area contributed by atoms with Gasteiger partial charge in [-0.15, -0.1) is 0 Å². The van der Waals surface area contributed by atoms with Crippen molar-refractivity contribution in [3.05, 3.63) is 29.3 Å². The van der Waals surface area contributed by atoms with Crippen LogP contribution in [0.3, 0.4) is 0 Å². The minimum Gasteiger partial charge on any atom is -0.336 e. The SMILES string of the molecule is Cc1ccc(S(=O)(=O)N2CCCCC2)cc1C(=O)N1CCN(C(C)C)CC1. The van der Waals surface area contributed by atoms with Gasteiger partial charge >= 0.3 is 0 Å². The molecular weight excluding hydrogens is 362 g/mol. The summed E-state index contributed by atoms with van der Waals surface area (Å²) in [6.45, 7) is 10.4. The van der Waals surface area contributed by atoms with E-state index < -0.39 is 10.0 Å². The van der Waals surface area contributed by atoms with Crippen LogP contribution in [0.15, 0.2) is 23.1 Å². The zero-order chi connectivity index (χ0) is 19.6. The Hall–Kier alpha value is -1.44. The minimum atomic E-state index is -3.53. The Morgan fingerprint density at radius 2 is 1.59 bits per heavy atom. The molecule has 0 radical (unpaired) electrons. The van der Waals surface area contributed by atoms with Crippen molar-refractivity contribution in [1.29, 1.82) is 0 Å². The number of hydrogen-bond donors (Lipinski definition) is 0. The molecule has 1 amide bonds. The van der Waals surface area contributed by atoms with Gasteiger partial charge < -0.3 is 4.90 Å². The Morgan fingerprint density at radius 1 is 0.963 bits per heavy atom. The molecule has 2 saturated heterocycles. The topological polar surface area (TPSA) is 60.9 Å². The van der Waals surface area contributed by atoms with Crippen LogP contribution in [0.2, 0.25) is 0 Å². The number of sulfonamides is 1. The van der Waals surface area contributed by atoms with Crippen molar-refractivity contribution in [1.82, 2.24) is 14.1 Å². The fourth-order valence-corrected chi connectivity index (χ4v) is 5.40. The number of carbonyl (C=O) groups is 1. The van der Waals surface area contributed by atoms with Crippen LogP contribution in [0.1, 0.15) is 49.0 Å². The summed E-state index contributed by atoms with van der Waals surface area (Å²) in [6, 6.07) is 5.44. The molecule has 0 N–H and O–H groups in total. The summed E-state index contributed by atoms with van der Waals surface area (Å²) in [5, 5.41) is 0. The maximum Gasteiger partial charge on any atom is 0.254 e. The number of piperazine rings is 1. The van der Waals surface area contributed by atoms with Crippen molar-refractivity contribution < 1.29 is 13.2 Å². The van der Waals surface area contributed by atoms with Crippen molar-refractivity contribution in [2.75, 3.05) is 39.3 Å². The van der Waals surface area contributed by atoms with E-state index >= 15 is 0 Å². The van der Waals surface area contributed by atoms with E-state index in [9.17, 15) is 13.2 Å². The smallest absolute Gasteiger partial charge is 0.254 e. The highest BCUT2D eigenvalue weighted by Crippen LogP contribution is 2.24. The zero-order valence-corrected chi connectivity index (χ0v) is 17.5. The third-order valence-corrected chi connectivity index (χ3v) is 7.62. The molecule has 2 aliphatic rings. The van der Waals surface area contributed by atoms with Gasteiger partial charge in [0.25, 0.3) is 5.91 Å². The van der Waals surface area contributed by atoms with Crippen LogP contribution in [0, 0.1) is 6.92 Å². The van der Waals surface area contributed by atoms with E-state index in [4.69, 9.17) is 0 Å². The molecule has 6 nitrogen and oxygen atoms in total. The van der Waals surface area contributed by atoms with Gasteiger partial charge in [-0.25, -0.2) is 8.42 Å². The summed E-state index contributed by atoms with van der Waals surface area (Å²) in [7, 11) is -3.53. The average Bonchev–Trinajstić information content (AvgIpc) is 2.68. The van der Waals surface area contributed by atoms with Gasteiger partial charge in [-0.1, -0.05) is 12.5 Å². The largest absolute Gasteiger partial charge is 0.336 e. The molecule has 7 heteroatoms. The molecule has 150 valence electrons. The molecule has 0 aromatic heterocycles. The van der Waals surface area contributed by atoms with Crippen molar-refractivity contribution in [2.45, 2.75) is 51.0 Å². The second-order valence-electron chi connectivity index (χ2n) is 7.86. The van der Waals surface area contributed by atoms with Crippen LogP contribution in [-0.2, 0) is 10.0 Å². The van der Waals surface area contributed by atoms with Crippen LogP contribution in [0.25, 0.3) is 0 Å². The lowest BCUT2D eigenvalue weighted by Crippen LogP contribution is -2.50. The standard InChI is InChI=1S/C20H31N3O3S/c1-16(2)21-11-13-22(14-12-21)20(24)19-15-18(8-7-17(19)3)27(25,26)23-9-5-4-6-10-23/h7-8,15-16H,4-6,9-14H2,1-3H3. The molecular formula is C20H31N3O3S. The first-order chi connectivity index (χ1) is 12.8. The molecule has 0 unspecified atom stereocenters. The van der Waals surface area contributed by atoms with Crippen molar-refractivity contribution >= 4 is 15.9 Å². The Kier molecular flexibility index (Phi) is 6.23. The lowest BCUT2D eigenvalue weighted by atomic mass is 10.1. The summed E-state index contributed by atoms with van der Waals surface area (Å²) < 4.78 is 27.5. The predicted molar refractivity (Wildman–Crippen MR) is 106 cm³/mol. The van der Waals surface area contributed by atoms with E-state index in [1.54, 1.807) is 22.5 Å². The molecule has 0 spiro atoms.